The Morgan fingerprint density at radius 1 is 1.17 bits per heavy atom. The molecular weight excluding hydrogens is 382 g/mol. The van der Waals surface area contributed by atoms with E-state index in [4.69, 9.17) is 14.3 Å². The summed E-state index contributed by atoms with van der Waals surface area (Å²) in [6.45, 7) is 12.1. The second-order valence-electron chi connectivity index (χ2n) is 8.10. The number of nitrogens with zero attached hydrogens (tertiary/aromatic N) is 4. The van der Waals surface area contributed by atoms with Crippen molar-refractivity contribution in [1.82, 2.24) is 20.3 Å². The van der Waals surface area contributed by atoms with E-state index in [1.165, 1.54) is 0 Å². The number of piperidine rings is 1. The zero-order chi connectivity index (χ0) is 21.3. The molecule has 0 atom stereocenters. The van der Waals surface area contributed by atoms with Gasteiger partial charge in [0.05, 0.1) is 18.9 Å². The highest BCUT2D eigenvalue weighted by Crippen LogP contribution is 2.23. The van der Waals surface area contributed by atoms with Crippen LogP contribution >= 0.6 is 0 Å². The minimum absolute atomic E-state index is 0.110. The van der Waals surface area contributed by atoms with Crippen molar-refractivity contribution >= 4 is 11.9 Å². The molecule has 2 aliphatic heterocycles. The number of rotatable bonds is 7. The lowest BCUT2D eigenvalue weighted by molar-refractivity contribution is -0.140. The van der Waals surface area contributed by atoms with Crippen LogP contribution < -0.4 is 5.32 Å². The van der Waals surface area contributed by atoms with Gasteiger partial charge in [-0.25, -0.2) is 4.99 Å². The lowest BCUT2D eigenvalue weighted by atomic mass is 9.95. The van der Waals surface area contributed by atoms with Gasteiger partial charge in [-0.05, 0) is 32.6 Å². The van der Waals surface area contributed by atoms with Gasteiger partial charge in [-0.1, -0.05) is 19.0 Å². The van der Waals surface area contributed by atoms with Crippen LogP contribution in [0.3, 0.4) is 0 Å². The van der Waals surface area contributed by atoms with E-state index in [9.17, 15) is 4.79 Å². The van der Waals surface area contributed by atoms with Crippen LogP contribution in [0.1, 0.15) is 63.8 Å². The molecule has 3 heterocycles. The third-order valence-corrected chi connectivity index (χ3v) is 6.17. The Hall–Kier alpha value is -2.09. The van der Waals surface area contributed by atoms with Gasteiger partial charge < -0.3 is 24.4 Å². The maximum Gasteiger partial charge on any atom is 0.225 e. The van der Waals surface area contributed by atoms with Crippen molar-refractivity contribution in [1.29, 1.82) is 0 Å². The molecule has 0 bridgehead atoms. The average Bonchev–Trinajstić information content (AvgIpc) is 3.26. The van der Waals surface area contributed by atoms with Crippen molar-refractivity contribution in [3.63, 3.8) is 0 Å². The number of hydrogen-bond acceptors (Lipinski definition) is 5. The van der Waals surface area contributed by atoms with Crippen LogP contribution in [0.5, 0.6) is 0 Å². The van der Waals surface area contributed by atoms with Crippen molar-refractivity contribution < 1.29 is 14.1 Å². The van der Waals surface area contributed by atoms with Crippen molar-refractivity contribution in [2.24, 2.45) is 10.9 Å². The molecule has 2 fully saturated rings. The molecule has 30 heavy (non-hydrogen) atoms. The molecule has 0 unspecified atom stereocenters. The zero-order valence-electron chi connectivity index (χ0n) is 18.7. The Kier molecular flexibility index (Phi) is 8.54. The van der Waals surface area contributed by atoms with Crippen molar-refractivity contribution in [2.75, 3.05) is 45.9 Å². The summed E-state index contributed by atoms with van der Waals surface area (Å²) in [7, 11) is 0. The maximum atomic E-state index is 12.8. The summed E-state index contributed by atoms with van der Waals surface area (Å²) >= 11 is 0. The van der Waals surface area contributed by atoms with Crippen molar-refractivity contribution in [2.45, 2.75) is 58.9 Å². The summed E-state index contributed by atoms with van der Waals surface area (Å²) in [5.41, 5.74) is 1.03. The van der Waals surface area contributed by atoms with Gasteiger partial charge in [-0.15, -0.1) is 0 Å². The summed E-state index contributed by atoms with van der Waals surface area (Å²) in [5, 5.41) is 7.62. The number of hydrogen-bond donors (Lipinski definition) is 1. The fourth-order valence-corrected chi connectivity index (χ4v) is 4.26. The second kappa shape index (κ2) is 11.3. The fraction of sp³-hybridized carbons (Fsp3) is 0.773. The quantitative estimate of drug-likeness (QED) is 0.540. The number of morpholine rings is 1. The van der Waals surface area contributed by atoms with E-state index in [1.807, 2.05) is 11.0 Å². The van der Waals surface area contributed by atoms with Crippen LogP contribution in [0.2, 0.25) is 0 Å². The van der Waals surface area contributed by atoms with E-state index in [-0.39, 0.29) is 11.8 Å². The normalized spacial score (nSPS) is 18.9. The third-order valence-electron chi connectivity index (χ3n) is 6.17. The van der Waals surface area contributed by atoms with E-state index in [2.05, 4.69) is 36.1 Å². The van der Waals surface area contributed by atoms with Gasteiger partial charge in [0.2, 0.25) is 5.91 Å². The molecule has 1 aromatic rings. The Morgan fingerprint density at radius 3 is 2.50 bits per heavy atom. The summed E-state index contributed by atoms with van der Waals surface area (Å²) in [6, 6.07) is 2.04. The number of likely N-dealkylation sites (tertiary alicyclic amines) is 1. The van der Waals surface area contributed by atoms with Gasteiger partial charge in [-0.2, -0.15) is 0 Å². The predicted molar refractivity (Wildman–Crippen MR) is 116 cm³/mol. The Balaban J connectivity index is 1.55. The number of aliphatic imine (C=N–C) groups is 1. The predicted octanol–water partition coefficient (Wildman–Crippen LogP) is 2.61. The summed E-state index contributed by atoms with van der Waals surface area (Å²) in [6.07, 6.45) is 3.85. The highest BCUT2D eigenvalue weighted by atomic mass is 16.5. The van der Waals surface area contributed by atoms with Gasteiger partial charge in [0.15, 0.2) is 11.7 Å². The SMILES string of the molecule is CCNC(=NCc1cc(C(CC)CC)no1)N1CCC(C(=O)N2CCOCC2)CC1. The topological polar surface area (TPSA) is 83.2 Å². The summed E-state index contributed by atoms with van der Waals surface area (Å²) in [5.74, 6) is 2.53. The van der Waals surface area contributed by atoms with Gasteiger partial charge in [0, 0.05) is 50.6 Å². The average molecular weight is 420 g/mol. The molecule has 2 aliphatic rings. The first kappa shape index (κ1) is 22.6. The van der Waals surface area contributed by atoms with Gasteiger partial charge in [0.25, 0.3) is 0 Å². The highest BCUT2D eigenvalue weighted by molar-refractivity contribution is 5.81. The smallest absolute Gasteiger partial charge is 0.225 e. The molecular formula is C22H37N5O3. The number of guanidine groups is 1. The Labute approximate surface area is 180 Å². The second-order valence-corrected chi connectivity index (χ2v) is 8.10. The largest absolute Gasteiger partial charge is 0.378 e. The lowest BCUT2D eigenvalue weighted by Crippen LogP contribution is -2.50. The van der Waals surface area contributed by atoms with E-state index < -0.39 is 0 Å². The summed E-state index contributed by atoms with van der Waals surface area (Å²) < 4.78 is 10.9. The monoisotopic (exact) mass is 419 g/mol. The third kappa shape index (κ3) is 5.74. The lowest BCUT2D eigenvalue weighted by Gasteiger charge is -2.36. The number of carbonyl (C=O) groups is 1. The standard InChI is InChI=1S/C22H37N5O3/c1-4-17(5-2)20-15-19(30-25-20)16-24-22(23-6-3)27-9-7-18(8-10-27)21(28)26-11-13-29-14-12-26/h15,17-18H,4-14,16H2,1-3H3,(H,23,24). The molecule has 2 saturated heterocycles. The molecule has 8 heteroatoms. The van der Waals surface area contributed by atoms with Gasteiger partial charge in [0.1, 0.15) is 6.54 Å². The molecule has 0 aliphatic carbocycles. The van der Waals surface area contributed by atoms with Gasteiger partial charge in [-0.3, -0.25) is 4.79 Å². The Bertz CT molecular complexity index is 687. The van der Waals surface area contributed by atoms with Crippen LogP contribution in [0.15, 0.2) is 15.6 Å². The molecule has 8 nitrogen and oxygen atoms in total. The van der Waals surface area contributed by atoms with Crippen LogP contribution in [0.25, 0.3) is 0 Å². The van der Waals surface area contributed by atoms with E-state index in [0.717, 1.165) is 75.8 Å². The first-order valence-electron chi connectivity index (χ1n) is 11.5. The molecule has 0 spiro atoms. The first-order chi connectivity index (χ1) is 14.7. The van der Waals surface area contributed by atoms with Crippen LogP contribution in [-0.2, 0) is 16.1 Å². The number of carbonyl (C=O) groups excluding carboxylic acids is 1. The molecule has 3 rings (SSSR count). The van der Waals surface area contributed by atoms with Crippen LogP contribution in [0.4, 0.5) is 0 Å². The molecule has 168 valence electrons. The molecule has 0 radical (unpaired) electrons. The number of amides is 1. The van der Waals surface area contributed by atoms with Crippen LogP contribution in [-0.4, -0.2) is 72.8 Å². The summed E-state index contributed by atoms with van der Waals surface area (Å²) in [4.78, 5) is 21.8. The molecule has 0 saturated carbocycles. The van der Waals surface area contributed by atoms with Gasteiger partial charge >= 0.3 is 0 Å². The minimum Gasteiger partial charge on any atom is -0.378 e. The van der Waals surface area contributed by atoms with E-state index in [1.54, 1.807) is 0 Å². The zero-order valence-corrected chi connectivity index (χ0v) is 18.7. The Morgan fingerprint density at radius 2 is 1.87 bits per heavy atom. The number of nitrogens with one attached hydrogen (secondary N) is 1. The fourth-order valence-electron chi connectivity index (χ4n) is 4.26. The molecule has 0 aromatic carbocycles. The van der Waals surface area contributed by atoms with Crippen molar-refractivity contribution in [3.05, 3.63) is 17.5 Å². The number of ether oxygens (including phenoxy) is 1. The maximum absolute atomic E-state index is 12.8. The van der Waals surface area contributed by atoms with Crippen LogP contribution in [0, 0.1) is 5.92 Å². The van der Waals surface area contributed by atoms with E-state index >= 15 is 0 Å². The molecule has 1 aromatic heterocycles. The molecule has 1 amide bonds. The highest BCUT2D eigenvalue weighted by Gasteiger charge is 2.30. The number of aromatic nitrogens is 1. The first-order valence-corrected chi connectivity index (χ1v) is 11.5. The van der Waals surface area contributed by atoms with E-state index in [0.29, 0.717) is 25.7 Å². The van der Waals surface area contributed by atoms with Crippen molar-refractivity contribution in [3.8, 4) is 0 Å². The minimum atomic E-state index is 0.110. The molecule has 1 N–H and O–H groups in total.